The van der Waals surface area contributed by atoms with E-state index in [4.69, 9.17) is 24.4 Å². The summed E-state index contributed by atoms with van der Waals surface area (Å²) in [7, 11) is 3.44. The van der Waals surface area contributed by atoms with Gasteiger partial charge in [0, 0.05) is 14.1 Å². The lowest BCUT2D eigenvalue weighted by molar-refractivity contribution is 0.864. The zero-order valence-corrected chi connectivity index (χ0v) is 12.0. The molecule has 0 heterocycles. The predicted octanol–water partition coefficient (Wildman–Crippen LogP) is 0.172. The van der Waals surface area contributed by atoms with E-state index in [1.165, 1.54) is 0 Å². The maximum atomic E-state index is 4.91. The van der Waals surface area contributed by atoms with Crippen molar-refractivity contribution in [2.45, 2.75) is 13.8 Å². The van der Waals surface area contributed by atoms with Crippen molar-refractivity contribution < 1.29 is 0 Å². The van der Waals surface area contributed by atoms with Crippen molar-refractivity contribution in [3.8, 4) is 0 Å². The molecule has 0 unspecified atom stereocenters. The van der Waals surface area contributed by atoms with Gasteiger partial charge in [0.25, 0.3) is 0 Å². The van der Waals surface area contributed by atoms with Gasteiger partial charge in [0.15, 0.2) is 10.2 Å². The Morgan fingerprint density at radius 3 is 2.06 bits per heavy atom. The highest BCUT2D eigenvalue weighted by molar-refractivity contribution is 7.80. The van der Waals surface area contributed by atoms with Crippen LogP contribution in [0.15, 0.2) is 10.2 Å². The third-order valence-corrected chi connectivity index (χ3v) is 2.29. The fourth-order valence-corrected chi connectivity index (χ4v) is 0.790. The van der Waals surface area contributed by atoms with E-state index in [-0.39, 0.29) is 5.92 Å². The predicted molar refractivity (Wildman–Crippen MR) is 80.4 cm³/mol. The Bertz CT molecular complexity index is 323. The molecule has 0 atom stereocenters. The molecule has 0 bridgehead atoms. The van der Waals surface area contributed by atoms with Crippen LogP contribution in [0.25, 0.3) is 0 Å². The van der Waals surface area contributed by atoms with Gasteiger partial charge in [-0.1, -0.05) is 13.8 Å². The maximum absolute atomic E-state index is 4.91. The number of rotatable bonds is 4. The van der Waals surface area contributed by atoms with Crippen molar-refractivity contribution in [1.82, 2.24) is 21.5 Å². The molecule has 0 radical (unpaired) electrons. The molecule has 0 aliphatic heterocycles. The van der Waals surface area contributed by atoms with E-state index in [2.05, 4.69) is 31.7 Å². The first kappa shape index (κ1) is 15.7. The summed E-state index contributed by atoms with van der Waals surface area (Å²) in [6.07, 6.45) is 1.60. The molecule has 6 nitrogen and oxygen atoms in total. The minimum Gasteiger partial charge on any atom is -0.364 e. The van der Waals surface area contributed by atoms with Crippen molar-refractivity contribution in [2.24, 2.45) is 16.1 Å². The van der Waals surface area contributed by atoms with Crippen molar-refractivity contribution in [3.05, 3.63) is 0 Å². The normalized spacial score (nSPS) is 11.5. The molecule has 0 rings (SSSR count). The lowest BCUT2D eigenvalue weighted by atomic mass is 10.1. The molecule has 0 amide bonds. The van der Waals surface area contributed by atoms with E-state index < -0.39 is 0 Å². The molecule has 8 heteroatoms. The number of thiocarbonyl (C=S) groups is 2. The second-order valence-electron chi connectivity index (χ2n) is 3.33. The lowest BCUT2D eigenvalue weighted by Crippen LogP contribution is -2.31. The molecule has 0 fully saturated rings. The van der Waals surface area contributed by atoms with Gasteiger partial charge in [0.1, 0.15) is 0 Å². The van der Waals surface area contributed by atoms with Crippen LogP contribution in [-0.4, -0.2) is 36.2 Å². The molecule has 0 aromatic heterocycles. The first-order valence-electron chi connectivity index (χ1n) is 5.07. The average Bonchev–Trinajstić information content (AvgIpc) is 2.31. The molecule has 0 spiro atoms. The molecular weight excluding hydrogens is 256 g/mol. The molecule has 17 heavy (non-hydrogen) atoms. The van der Waals surface area contributed by atoms with Gasteiger partial charge in [-0.3, -0.25) is 10.9 Å². The van der Waals surface area contributed by atoms with Crippen molar-refractivity contribution >= 4 is 46.6 Å². The molecule has 0 aromatic carbocycles. The largest absolute Gasteiger partial charge is 0.364 e. The Morgan fingerprint density at radius 1 is 1.06 bits per heavy atom. The van der Waals surface area contributed by atoms with Crippen LogP contribution in [0.4, 0.5) is 0 Å². The van der Waals surface area contributed by atoms with Gasteiger partial charge in [0.05, 0.1) is 11.9 Å². The summed E-state index contributed by atoms with van der Waals surface area (Å²) in [5, 5.41) is 14.5. The Balaban J connectivity index is 4.43. The quantitative estimate of drug-likeness (QED) is 0.333. The van der Waals surface area contributed by atoms with Crippen LogP contribution in [0, 0.1) is 5.92 Å². The highest BCUT2D eigenvalue weighted by atomic mass is 32.1. The number of nitrogens with zero attached hydrogens (tertiary/aromatic N) is 2. The van der Waals surface area contributed by atoms with Crippen molar-refractivity contribution in [2.75, 3.05) is 14.1 Å². The molecular formula is C9H18N6S2. The summed E-state index contributed by atoms with van der Waals surface area (Å²) < 4.78 is 0. The summed E-state index contributed by atoms with van der Waals surface area (Å²) >= 11 is 9.79. The van der Waals surface area contributed by atoms with Gasteiger partial charge < -0.3 is 10.6 Å². The Labute approximate surface area is 112 Å². The molecule has 0 aliphatic rings. The van der Waals surface area contributed by atoms with Crippen LogP contribution in [0.2, 0.25) is 0 Å². The Hall–Kier alpha value is -1.28. The van der Waals surface area contributed by atoms with E-state index in [0.29, 0.717) is 10.2 Å². The summed E-state index contributed by atoms with van der Waals surface area (Å²) in [6, 6.07) is 0. The Kier molecular flexibility index (Phi) is 8.16. The molecule has 0 saturated carbocycles. The van der Waals surface area contributed by atoms with E-state index in [1.54, 1.807) is 20.3 Å². The van der Waals surface area contributed by atoms with Crippen LogP contribution in [-0.2, 0) is 0 Å². The number of nitrogens with one attached hydrogen (secondary N) is 4. The number of hydrogen-bond donors (Lipinski definition) is 4. The summed E-state index contributed by atoms with van der Waals surface area (Å²) in [6.45, 7) is 4.01. The van der Waals surface area contributed by atoms with Crippen molar-refractivity contribution in [3.63, 3.8) is 0 Å². The van der Waals surface area contributed by atoms with Crippen LogP contribution < -0.4 is 21.5 Å². The van der Waals surface area contributed by atoms with E-state index in [0.717, 1.165) is 5.71 Å². The van der Waals surface area contributed by atoms with Gasteiger partial charge in [0.2, 0.25) is 0 Å². The molecule has 96 valence electrons. The van der Waals surface area contributed by atoms with Crippen LogP contribution >= 0.6 is 24.4 Å². The summed E-state index contributed by atoms with van der Waals surface area (Å²) in [5.41, 5.74) is 6.12. The molecule has 0 aromatic rings. The first-order chi connectivity index (χ1) is 8.01. The van der Waals surface area contributed by atoms with Gasteiger partial charge in [-0.05, 0) is 30.4 Å². The number of hydrogen-bond acceptors (Lipinski definition) is 4. The second kappa shape index (κ2) is 8.82. The molecule has 0 aliphatic carbocycles. The molecule has 0 saturated heterocycles. The lowest BCUT2D eigenvalue weighted by Gasteiger charge is -2.07. The standard InChI is InChI=1S/C9H18N6S2/c1-6(2)7(13-15-9(17)11-4)5-12-14-8(16)10-3/h5-6H,1-4H3,(H2,10,14,16)(H2,11,15,17)/b12-5-,13-7+. The van der Waals surface area contributed by atoms with Crippen LogP contribution in [0.3, 0.4) is 0 Å². The summed E-state index contributed by atoms with van der Waals surface area (Å²) in [5.74, 6) is 0.218. The van der Waals surface area contributed by atoms with E-state index in [1.807, 2.05) is 13.8 Å². The van der Waals surface area contributed by atoms with Crippen LogP contribution in [0.5, 0.6) is 0 Å². The number of hydrazone groups is 2. The SMILES string of the molecule is CNC(=S)N/N=C\C(=N/NC(=S)NC)C(C)C. The Morgan fingerprint density at radius 2 is 1.59 bits per heavy atom. The average molecular weight is 274 g/mol. The highest BCUT2D eigenvalue weighted by Gasteiger charge is 2.02. The first-order valence-corrected chi connectivity index (χ1v) is 5.89. The maximum Gasteiger partial charge on any atom is 0.186 e. The monoisotopic (exact) mass is 274 g/mol. The molecule has 4 N–H and O–H groups in total. The van der Waals surface area contributed by atoms with Crippen LogP contribution in [0.1, 0.15) is 13.8 Å². The summed E-state index contributed by atoms with van der Waals surface area (Å²) in [4.78, 5) is 0. The topological polar surface area (TPSA) is 72.8 Å². The fourth-order valence-electron chi connectivity index (χ4n) is 0.691. The fraction of sp³-hybridized carbons (Fsp3) is 0.556. The third kappa shape index (κ3) is 7.58. The van der Waals surface area contributed by atoms with Gasteiger partial charge >= 0.3 is 0 Å². The van der Waals surface area contributed by atoms with E-state index in [9.17, 15) is 0 Å². The van der Waals surface area contributed by atoms with E-state index >= 15 is 0 Å². The van der Waals surface area contributed by atoms with Crippen molar-refractivity contribution in [1.29, 1.82) is 0 Å². The zero-order chi connectivity index (χ0) is 13.3. The second-order valence-corrected chi connectivity index (χ2v) is 4.15. The van der Waals surface area contributed by atoms with Gasteiger partial charge in [-0.25, -0.2) is 0 Å². The zero-order valence-electron chi connectivity index (χ0n) is 10.4. The van der Waals surface area contributed by atoms with Gasteiger partial charge in [-0.2, -0.15) is 10.2 Å². The highest BCUT2D eigenvalue weighted by Crippen LogP contribution is 1.93. The van der Waals surface area contributed by atoms with Gasteiger partial charge in [-0.15, -0.1) is 0 Å². The third-order valence-electron chi connectivity index (χ3n) is 1.70. The minimum absolute atomic E-state index is 0.218. The smallest absolute Gasteiger partial charge is 0.186 e. The minimum atomic E-state index is 0.218.